The average molecular weight is 170 g/mol. The van der Waals surface area contributed by atoms with Crippen molar-refractivity contribution in [2.75, 3.05) is 0 Å². The fourth-order valence-electron chi connectivity index (χ4n) is 1.63. The van der Waals surface area contributed by atoms with E-state index in [1.807, 2.05) is 13.0 Å². The zero-order chi connectivity index (χ0) is 9.61. The highest BCUT2D eigenvalue weighted by Crippen LogP contribution is 2.28. The summed E-state index contributed by atoms with van der Waals surface area (Å²) in [4.78, 5) is 0. The van der Waals surface area contributed by atoms with Crippen molar-refractivity contribution in [3.63, 3.8) is 0 Å². The highest BCUT2D eigenvalue weighted by atomic mass is 16.3. The molecule has 72 valence electrons. The minimum absolute atomic E-state index is 0.177. The van der Waals surface area contributed by atoms with Gasteiger partial charge < -0.3 is 5.11 Å². The molecular formula is C11H22O. The summed E-state index contributed by atoms with van der Waals surface area (Å²) in [7, 11) is 0. The number of aliphatic hydroxyl groups excluding tert-OH is 1. The largest absolute Gasteiger partial charge is 0.393 e. The first-order valence-electron chi connectivity index (χ1n) is 4.77. The molecule has 0 heterocycles. The van der Waals surface area contributed by atoms with Crippen molar-refractivity contribution >= 4 is 0 Å². The number of unbranched alkanes of at least 4 members (excludes halogenated alkanes) is 1. The molecule has 0 aliphatic carbocycles. The summed E-state index contributed by atoms with van der Waals surface area (Å²) in [6, 6.07) is 0. The van der Waals surface area contributed by atoms with Crippen LogP contribution in [0.4, 0.5) is 0 Å². The summed E-state index contributed by atoms with van der Waals surface area (Å²) in [6.07, 6.45) is 6.11. The lowest BCUT2D eigenvalue weighted by atomic mass is 9.82. The van der Waals surface area contributed by atoms with E-state index in [1.165, 1.54) is 12.8 Å². The summed E-state index contributed by atoms with van der Waals surface area (Å²) in [5.74, 6) is 0. The van der Waals surface area contributed by atoms with Crippen molar-refractivity contribution in [1.82, 2.24) is 0 Å². The fraction of sp³-hybridized carbons (Fsp3) is 0.818. The molecule has 1 atom stereocenters. The molecule has 1 heteroatoms. The van der Waals surface area contributed by atoms with E-state index in [0.29, 0.717) is 0 Å². The van der Waals surface area contributed by atoms with Gasteiger partial charge in [0.25, 0.3) is 0 Å². The Hall–Kier alpha value is -0.300. The van der Waals surface area contributed by atoms with Crippen LogP contribution < -0.4 is 0 Å². The van der Waals surface area contributed by atoms with Crippen LogP contribution in [-0.4, -0.2) is 11.2 Å². The van der Waals surface area contributed by atoms with Gasteiger partial charge in [-0.1, -0.05) is 19.9 Å². The summed E-state index contributed by atoms with van der Waals surface area (Å²) < 4.78 is 0. The zero-order valence-corrected chi connectivity index (χ0v) is 8.64. The molecule has 0 aromatic rings. The zero-order valence-electron chi connectivity index (χ0n) is 8.64. The SMILES string of the molecule is C=CCCCC(C)(C)CC(C)O. The lowest BCUT2D eigenvalue weighted by Gasteiger charge is -2.25. The van der Waals surface area contributed by atoms with Gasteiger partial charge in [-0.05, 0) is 38.0 Å². The number of aliphatic hydroxyl groups is 1. The Morgan fingerprint density at radius 2 is 2.08 bits per heavy atom. The second kappa shape index (κ2) is 5.36. The van der Waals surface area contributed by atoms with Gasteiger partial charge in [-0.15, -0.1) is 6.58 Å². The van der Waals surface area contributed by atoms with Crippen molar-refractivity contribution in [3.8, 4) is 0 Å². The van der Waals surface area contributed by atoms with E-state index in [-0.39, 0.29) is 11.5 Å². The predicted molar refractivity (Wildman–Crippen MR) is 54.1 cm³/mol. The van der Waals surface area contributed by atoms with Crippen LogP contribution in [0.1, 0.15) is 46.5 Å². The minimum Gasteiger partial charge on any atom is -0.393 e. The van der Waals surface area contributed by atoms with Gasteiger partial charge in [0.15, 0.2) is 0 Å². The predicted octanol–water partition coefficient (Wildman–Crippen LogP) is 3.14. The molecule has 0 bridgehead atoms. The van der Waals surface area contributed by atoms with E-state index in [4.69, 9.17) is 0 Å². The van der Waals surface area contributed by atoms with Crippen molar-refractivity contribution < 1.29 is 5.11 Å². The molecule has 0 amide bonds. The molecule has 0 aromatic carbocycles. The van der Waals surface area contributed by atoms with E-state index in [0.717, 1.165) is 12.8 Å². The van der Waals surface area contributed by atoms with Crippen LogP contribution in [0, 0.1) is 5.41 Å². The highest BCUT2D eigenvalue weighted by molar-refractivity contribution is 4.74. The van der Waals surface area contributed by atoms with Crippen LogP contribution in [-0.2, 0) is 0 Å². The molecule has 0 fully saturated rings. The second-order valence-electron chi connectivity index (χ2n) is 4.40. The van der Waals surface area contributed by atoms with Crippen LogP contribution >= 0.6 is 0 Å². The Balaban J connectivity index is 3.62. The summed E-state index contributed by atoms with van der Waals surface area (Å²) in [5, 5.41) is 9.22. The van der Waals surface area contributed by atoms with Gasteiger partial charge in [0, 0.05) is 0 Å². The molecule has 0 rings (SSSR count). The standard InChI is InChI=1S/C11H22O/c1-5-6-7-8-11(3,4)9-10(2)12/h5,10,12H,1,6-9H2,2-4H3. The van der Waals surface area contributed by atoms with Crippen molar-refractivity contribution in [3.05, 3.63) is 12.7 Å². The first kappa shape index (κ1) is 11.7. The first-order chi connectivity index (χ1) is 5.48. The van der Waals surface area contributed by atoms with Gasteiger partial charge in [0.05, 0.1) is 6.10 Å². The normalized spacial score (nSPS) is 14.3. The molecule has 0 saturated carbocycles. The summed E-state index contributed by atoms with van der Waals surface area (Å²) in [5.41, 5.74) is 0.275. The Morgan fingerprint density at radius 3 is 2.50 bits per heavy atom. The van der Waals surface area contributed by atoms with Crippen molar-refractivity contribution in [1.29, 1.82) is 0 Å². The van der Waals surface area contributed by atoms with E-state index >= 15 is 0 Å². The quantitative estimate of drug-likeness (QED) is 0.479. The first-order valence-corrected chi connectivity index (χ1v) is 4.77. The minimum atomic E-state index is -0.177. The maximum Gasteiger partial charge on any atom is 0.0517 e. The number of rotatable bonds is 6. The maximum atomic E-state index is 9.22. The molecule has 0 saturated heterocycles. The average Bonchev–Trinajstić information content (AvgIpc) is 1.84. The molecule has 0 spiro atoms. The molecule has 1 unspecified atom stereocenters. The highest BCUT2D eigenvalue weighted by Gasteiger charge is 2.18. The monoisotopic (exact) mass is 170 g/mol. The molecule has 12 heavy (non-hydrogen) atoms. The maximum absolute atomic E-state index is 9.22. The lowest BCUT2D eigenvalue weighted by Crippen LogP contribution is -2.18. The Kier molecular flexibility index (Phi) is 5.23. The van der Waals surface area contributed by atoms with Gasteiger partial charge >= 0.3 is 0 Å². The van der Waals surface area contributed by atoms with Gasteiger partial charge in [0.2, 0.25) is 0 Å². The molecular weight excluding hydrogens is 148 g/mol. The molecule has 1 N–H and O–H groups in total. The lowest BCUT2D eigenvalue weighted by molar-refractivity contribution is 0.123. The molecule has 0 aliphatic heterocycles. The van der Waals surface area contributed by atoms with E-state index in [2.05, 4.69) is 20.4 Å². The molecule has 0 radical (unpaired) electrons. The molecule has 1 nitrogen and oxygen atoms in total. The molecule has 0 aliphatic rings. The Labute approximate surface area is 76.5 Å². The van der Waals surface area contributed by atoms with Crippen LogP contribution in [0.5, 0.6) is 0 Å². The molecule has 0 aromatic heterocycles. The van der Waals surface area contributed by atoms with E-state index in [9.17, 15) is 5.11 Å². The van der Waals surface area contributed by atoms with Crippen LogP contribution in [0.2, 0.25) is 0 Å². The number of hydrogen-bond donors (Lipinski definition) is 1. The van der Waals surface area contributed by atoms with Crippen molar-refractivity contribution in [2.45, 2.75) is 52.6 Å². The van der Waals surface area contributed by atoms with Crippen LogP contribution in [0.25, 0.3) is 0 Å². The Bertz CT molecular complexity index is 125. The third-order valence-corrected chi connectivity index (χ3v) is 2.11. The topological polar surface area (TPSA) is 20.2 Å². The van der Waals surface area contributed by atoms with Gasteiger partial charge in [0.1, 0.15) is 0 Å². The van der Waals surface area contributed by atoms with E-state index in [1.54, 1.807) is 0 Å². The van der Waals surface area contributed by atoms with Crippen molar-refractivity contribution in [2.24, 2.45) is 5.41 Å². The Morgan fingerprint density at radius 1 is 1.50 bits per heavy atom. The van der Waals surface area contributed by atoms with Crippen LogP contribution in [0.3, 0.4) is 0 Å². The fourth-order valence-corrected chi connectivity index (χ4v) is 1.63. The van der Waals surface area contributed by atoms with Gasteiger partial charge in [-0.3, -0.25) is 0 Å². The van der Waals surface area contributed by atoms with E-state index < -0.39 is 0 Å². The summed E-state index contributed by atoms with van der Waals surface area (Å²) in [6.45, 7) is 9.97. The number of allylic oxidation sites excluding steroid dienone is 1. The van der Waals surface area contributed by atoms with Gasteiger partial charge in [-0.2, -0.15) is 0 Å². The number of hydrogen-bond acceptors (Lipinski definition) is 1. The summed E-state index contributed by atoms with van der Waals surface area (Å²) >= 11 is 0. The second-order valence-corrected chi connectivity index (χ2v) is 4.40. The third-order valence-electron chi connectivity index (χ3n) is 2.11. The smallest absolute Gasteiger partial charge is 0.0517 e. The van der Waals surface area contributed by atoms with Crippen LogP contribution in [0.15, 0.2) is 12.7 Å². The van der Waals surface area contributed by atoms with Gasteiger partial charge in [-0.25, -0.2) is 0 Å². The third kappa shape index (κ3) is 6.41.